The number of benzene rings is 2. The van der Waals surface area contributed by atoms with Gasteiger partial charge in [0.25, 0.3) is 0 Å². The Balaban J connectivity index is 1.47. The van der Waals surface area contributed by atoms with Crippen LogP contribution in [0.4, 0.5) is 5.69 Å². The first-order chi connectivity index (χ1) is 12.1. The smallest absolute Gasteiger partial charge is 0.242 e. The summed E-state index contributed by atoms with van der Waals surface area (Å²) in [6.45, 7) is 4.13. The molecule has 2 atom stereocenters. The van der Waals surface area contributed by atoms with Crippen LogP contribution in [-0.2, 0) is 11.2 Å². The summed E-state index contributed by atoms with van der Waals surface area (Å²) in [5.74, 6) is 1.42. The average molecular weight is 340 g/mol. The predicted octanol–water partition coefficient (Wildman–Crippen LogP) is 3.35. The first-order valence-electron chi connectivity index (χ1n) is 8.62. The van der Waals surface area contributed by atoms with E-state index in [9.17, 15) is 4.79 Å². The number of fused-ring (bicyclic) bond motifs is 1. The van der Waals surface area contributed by atoms with Gasteiger partial charge in [0.1, 0.15) is 6.04 Å². The Kier molecular flexibility index (Phi) is 5.43. The van der Waals surface area contributed by atoms with Gasteiger partial charge in [0.2, 0.25) is 12.7 Å². The van der Waals surface area contributed by atoms with E-state index in [0.717, 1.165) is 24.3 Å². The molecule has 0 radical (unpaired) electrons. The van der Waals surface area contributed by atoms with Crippen LogP contribution in [0.2, 0.25) is 0 Å². The molecule has 0 spiro atoms. The van der Waals surface area contributed by atoms with Crippen molar-refractivity contribution >= 4 is 11.6 Å². The minimum Gasteiger partial charge on any atom is -0.454 e. The van der Waals surface area contributed by atoms with Crippen LogP contribution in [0.25, 0.3) is 0 Å². The number of amides is 1. The highest BCUT2D eigenvalue weighted by Gasteiger charge is 2.17. The summed E-state index contributed by atoms with van der Waals surface area (Å²) >= 11 is 0. The van der Waals surface area contributed by atoms with Crippen molar-refractivity contribution in [2.75, 3.05) is 12.1 Å². The van der Waals surface area contributed by atoms with E-state index in [4.69, 9.17) is 9.47 Å². The van der Waals surface area contributed by atoms with Crippen LogP contribution in [-0.4, -0.2) is 24.8 Å². The predicted molar refractivity (Wildman–Crippen MR) is 98.0 cm³/mol. The number of carbonyl (C=O) groups excluding carboxylic acids is 1. The fourth-order valence-electron chi connectivity index (χ4n) is 2.77. The molecule has 5 heteroatoms. The van der Waals surface area contributed by atoms with Crippen molar-refractivity contribution in [2.24, 2.45) is 0 Å². The molecule has 0 saturated heterocycles. The van der Waals surface area contributed by atoms with Crippen LogP contribution in [0.15, 0.2) is 48.5 Å². The molecule has 2 N–H and O–H groups in total. The molecule has 0 aromatic heterocycles. The van der Waals surface area contributed by atoms with Gasteiger partial charge >= 0.3 is 0 Å². The highest BCUT2D eigenvalue weighted by atomic mass is 16.7. The lowest BCUT2D eigenvalue weighted by molar-refractivity contribution is -0.122. The summed E-state index contributed by atoms with van der Waals surface area (Å²) in [5, 5.41) is 6.27. The van der Waals surface area contributed by atoms with Gasteiger partial charge in [-0.3, -0.25) is 4.79 Å². The average Bonchev–Trinajstić information content (AvgIpc) is 3.08. The number of ether oxygens (including phenoxy) is 2. The molecule has 1 aliphatic rings. The lowest BCUT2D eigenvalue weighted by atomic mass is 10.1. The van der Waals surface area contributed by atoms with Crippen molar-refractivity contribution in [1.29, 1.82) is 0 Å². The molecule has 3 rings (SSSR count). The zero-order valence-electron chi connectivity index (χ0n) is 14.6. The first kappa shape index (κ1) is 17.1. The van der Waals surface area contributed by atoms with Crippen molar-refractivity contribution in [3.8, 4) is 11.5 Å². The Morgan fingerprint density at radius 1 is 1.08 bits per heavy atom. The number of aryl methyl sites for hydroxylation is 1. The molecule has 2 aromatic rings. The summed E-state index contributed by atoms with van der Waals surface area (Å²) in [6.07, 6.45) is 1.86. The fourth-order valence-corrected chi connectivity index (χ4v) is 2.77. The molecule has 1 aliphatic heterocycles. The molecule has 1 heterocycles. The number of anilines is 1. The maximum atomic E-state index is 12.4. The van der Waals surface area contributed by atoms with Crippen molar-refractivity contribution in [3.63, 3.8) is 0 Å². The second kappa shape index (κ2) is 7.92. The molecule has 1 amide bonds. The molecule has 132 valence electrons. The van der Waals surface area contributed by atoms with E-state index < -0.39 is 0 Å². The number of nitrogens with one attached hydrogen (secondary N) is 2. The van der Waals surface area contributed by atoms with E-state index in [0.29, 0.717) is 5.75 Å². The van der Waals surface area contributed by atoms with Gasteiger partial charge in [-0.2, -0.15) is 0 Å². The zero-order chi connectivity index (χ0) is 17.6. The second-order valence-corrected chi connectivity index (χ2v) is 6.37. The molecule has 0 fully saturated rings. The third-order valence-corrected chi connectivity index (χ3v) is 4.25. The Bertz CT molecular complexity index is 718. The second-order valence-electron chi connectivity index (χ2n) is 6.37. The number of hydrogen-bond acceptors (Lipinski definition) is 4. The van der Waals surface area contributed by atoms with Gasteiger partial charge in [0, 0.05) is 17.8 Å². The van der Waals surface area contributed by atoms with E-state index in [2.05, 4.69) is 22.8 Å². The van der Waals surface area contributed by atoms with Crippen LogP contribution in [0.5, 0.6) is 11.5 Å². The number of hydrogen-bond donors (Lipinski definition) is 2. The highest BCUT2D eigenvalue weighted by Crippen LogP contribution is 2.34. The van der Waals surface area contributed by atoms with Gasteiger partial charge in [-0.25, -0.2) is 0 Å². The molecule has 0 aliphatic carbocycles. The summed E-state index contributed by atoms with van der Waals surface area (Å²) in [5.41, 5.74) is 2.12. The molecular weight excluding hydrogens is 316 g/mol. The van der Waals surface area contributed by atoms with Crippen LogP contribution < -0.4 is 20.1 Å². The third kappa shape index (κ3) is 4.66. The van der Waals surface area contributed by atoms with E-state index in [1.165, 1.54) is 5.56 Å². The van der Waals surface area contributed by atoms with E-state index >= 15 is 0 Å². The van der Waals surface area contributed by atoms with Crippen LogP contribution in [0, 0.1) is 0 Å². The highest BCUT2D eigenvalue weighted by molar-refractivity contribution is 5.84. The van der Waals surface area contributed by atoms with Gasteiger partial charge in [-0.15, -0.1) is 0 Å². The Morgan fingerprint density at radius 3 is 2.64 bits per heavy atom. The number of rotatable bonds is 7. The summed E-state index contributed by atoms with van der Waals surface area (Å²) in [6, 6.07) is 15.7. The van der Waals surface area contributed by atoms with Crippen molar-refractivity contribution in [1.82, 2.24) is 5.32 Å². The Morgan fingerprint density at radius 2 is 1.84 bits per heavy atom. The minimum absolute atomic E-state index is 0.0155. The molecule has 2 aromatic carbocycles. The molecular formula is C20H24N2O3. The van der Waals surface area contributed by atoms with Gasteiger partial charge in [-0.1, -0.05) is 30.3 Å². The van der Waals surface area contributed by atoms with Crippen molar-refractivity contribution in [3.05, 3.63) is 54.1 Å². The zero-order valence-corrected chi connectivity index (χ0v) is 14.6. The maximum absolute atomic E-state index is 12.4. The molecule has 0 bridgehead atoms. The van der Waals surface area contributed by atoms with Gasteiger partial charge < -0.3 is 20.1 Å². The van der Waals surface area contributed by atoms with Gasteiger partial charge in [0.15, 0.2) is 11.5 Å². The SMILES string of the molecule is C[C@H](Nc1ccc2c(c1)OCO2)C(=O)N[C@@H](C)CCc1ccccc1. The summed E-state index contributed by atoms with van der Waals surface area (Å²) < 4.78 is 10.6. The van der Waals surface area contributed by atoms with Gasteiger partial charge in [-0.05, 0) is 44.4 Å². The Hall–Kier alpha value is -2.69. The van der Waals surface area contributed by atoms with Crippen molar-refractivity contribution in [2.45, 2.75) is 38.8 Å². The lowest BCUT2D eigenvalue weighted by Crippen LogP contribution is -2.42. The van der Waals surface area contributed by atoms with E-state index in [1.807, 2.05) is 50.2 Å². The van der Waals surface area contributed by atoms with Crippen molar-refractivity contribution < 1.29 is 14.3 Å². The quantitative estimate of drug-likeness (QED) is 0.811. The van der Waals surface area contributed by atoms with Crippen LogP contribution in [0.3, 0.4) is 0 Å². The van der Waals surface area contributed by atoms with Crippen LogP contribution in [0.1, 0.15) is 25.8 Å². The van der Waals surface area contributed by atoms with Gasteiger partial charge in [0.05, 0.1) is 0 Å². The van der Waals surface area contributed by atoms with Crippen LogP contribution >= 0.6 is 0 Å². The minimum atomic E-state index is -0.334. The molecule has 25 heavy (non-hydrogen) atoms. The molecule has 0 unspecified atom stereocenters. The standard InChI is InChI=1S/C20H24N2O3/c1-14(8-9-16-6-4-3-5-7-16)21-20(23)15(2)22-17-10-11-18-19(12-17)25-13-24-18/h3-7,10-12,14-15,22H,8-9,13H2,1-2H3,(H,21,23)/t14-,15-/m0/s1. The maximum Gasteiger partial charge on any atom is 0.242 e. The Labute approximate surface area is 148 Å². The largest absolute Gasteiger partial charge is 0.454 e. The molecule has 5 nitrogen and oxygen atoms in total. The summed E-state index contributed by atoms with van der Waals surface area (Å²) in [7, 11) is 0. The van der Waals surface area contributed by atoms with E-state index in [1.54, 1.807) is 0 Å². The van der Waals surface area contributed by atoms with E-state index in [-0.39, 0.29) is 24.8 Å². The molecule has 0 saturated carbocycles. The number of carbonyl (C=O) groups is 1. The first-order valence-corrected chi connectivity index (χ1v) is 8.62. The third-order valence-electron chi connectivity index (χ3n) is 4.25. The fraction of sp³-hybridized carbons (Fsp3) is 0.350. The normalized spacial score (nSPS) is 14.6. The lowest BCUT2D eigenvalue weighted by Gasteiger charge is -2.19. The summed E-state index contributed by atoms with van der Waals surface area (Å²) in [4.78, 5) is 12.4. The topological polar surface area (TPSA) is 59.6 Å². The monoisotopic (exact) mass is 340 g/mol.